The van der Waals surface area contributed by atoms with Crippen LogP contribution in [0, 0.1) is 0 Å². The van der Waals surface area contributed by atoms with Gasteiger partial charge in [0.05, 0.1) is 46.5 Å². The molecule has 1 heterocycles. The number of fused-ring (bicyclic) bond motifs is 1. The van der Waals surface area contributed by atoms with E-state index >= 15 is 0 Å². The number of hydrogen-bond donors (Lipinski definition) is 1. The van der Waals surface area contributed by atoms with E-state index in [2.05, 4.69) is 0 Å². The Morgan fingerprint density at radius 3 is 1.89 bits per heavy atom. The van der Waals surface area contributed by atoms with Crippen LogP contribution in [-0.2, 0) is 16.1 Å². The Bertz CT molecular complexity index is 1960. The van der Waals surface area contributed by atoms with Crippen LogP contribution in [0.15, 0.2) is 83.7 Å². The molecule has 0 aliphatic heterocycles. The van der Waals surface area contributed by atoms with Crippen molar-refractivity contribution in [2.75, 3.05) is 41.3 Å². The summed E-state index contributed by atoms with van der Waals surface area (Å²) < 4.78 is 34.1. The van der Waals surface area contributed by atoms with Crippen LogP contribution in [0.25, 0.3) is 27.6 Å². The Hall–Kier alpha value is -5.68. The molecule has 0 aliphatic carbocycles. The zero-order valence-electron chi connectivity index (χ0n) is 26.3. The molecular formula is C35H33ClN2O9. The van der Waals surface area contributed by atoms with Crippen LogP contribution in [0.4, 0.5) is 5.69 Å². The highest BCUT2D eigenvalue weighted by molar-refractivity contribution is 6.08. The zero-order chi connectivity index (χ0) is 33.0. The van der Waals surface area contributed by atoms with E-state index in [9.17, 15) is 14.4 Å². The molecule has 12 heteroatoms. The van der Waals surface area contributed by atoms with Crippen molar-refractivity contribution in [2.24, 2.45) is 0 Å². The second kappa shape index (κ2) is 14.6. The van der Waals surface area contributed by atoms with Crippen LogP contribution >= 0.6 is 12.4 Å². The summed E-state index contributed by atoms with van der Waals surface area (Å²) >= 11 is 0. The van der Waals surface area contributed by atoms with Crippen molar-refractivity contribution in [3.63, 3.8) is 0 Å². The number of rotatable bonds is 10. The molecule has 0 aliphatic rings. The number of anilines is 1. The van der Waals surface area contributed by atoms with Crippen molar-refractivity contribution in [3.05, 3.63) is 106 Å². The fourth-order valence-electron chi connectivity index (χ4n) is 5.17. The highest BCUT2D eigenvalue weighted by Gasteiger charge is 2.27. The molecule has 4 aromatic carbocycles. The minimum absolute atomic E-state index is 0. The lowest BCUT2D eigenvalue weighted by Crippen LogP contribution is -2.27. The largest absolute Gasteiger partial charge is 0.493 e. The van der Waals surface area contributed by atoms with Crippen molar-refractivity contribution in [2.45, 2.75) is 6.61 Å². The molecule has 0 bridgehead atoms. The van der Waals surface area contributed by atoms with Gasteiger partial charge in [-0.25, -0.2) is 9.59 Å². The number of nitrogen functional groups attached to an aromatic ring is 1. The molecule has 1 aromatic heterocycles. The van der Waals surface area contributed by atoms with Gasteiger partial charge in [0.15, 0.2) is 11.5 Å². The minimum Gasteiger partial charge on any atom is -0.493 e. The second-order valence-corrected chi connectivity index (χ2v) is 10.0. The third-order valence-corrected chi connectivity index (χ3v) is 7.42. The third-order valence-electron chi connectivity index (χ3n) is 7.42. The normalized spacial score (nSPS) is 10.5. The molecule has 0 radical (unpaired) electrons. The van der Waals surface area contributed by atoms with Crippen molar-refractivity contribution in [1.29, 1.82) is 0 Å². The average Bonchev–Trinajstić information content (AvgIpc) is 3.09. The van der Waals surface area contributed by atoms with Crippen molar-refractivity contribution in [1.82, 2.24) is 4.57 Å². The average molecular weight is 661 g/mol. The number of nitrogens with two attached hydrogens (primary N) is 1. The van der Waals surface area contributed by atoms with Crippen LogP contribution in [-0.4, -0.2) is 52.1 Å². The summed E-state index contributed by atoms with van der Waals surface area (Å²) in [4.78, 5) is 39.6. The summed E-state index contributed by atoms with van der Waals surface area (Å²) in [6, 6.07) is 21.8. The van der Waals surface area contributed by atoms with Crippen molar-refractivity contribution >= 4 is 40.8 Å². The molecule has 0 atom stereocenters. The standard InChI is InChI=1S/C35H32N2O9.ClH/c1-41-28-16-22(17-29(42-2)32(28)43-3)30-26-15-14-25(46-19-20-6-8-21(9-7-20)34(39)44-4)18-27(26)33(38)37(31(30)35(40)45-5)24-12-10-23(36)11-13-24;/h6-18H,19,36H2,1-5H3;1H. The lowest BCUT2D eigenvalue weighted by Gasteiger charge is -2.21. The van der Waals surface area contributed by atoms with E-state index in [0.29, 0.717) is 56.4 Å². The van der Waals surface area contributed by atoms with Crippen LogP contribution < -0.4 is 30.2 Å². The molecular weight excluding hydrogens is 628 g/mol. The van der Waals surface area contributed by atoms with Gasteiger partial charge in [-0.3, -0.25) is 9.36 Å². The monoisotopic (exact) mass is 660 g/mol. The van der Waals surface area contributed by atoms with E-state index in [4.69, 9.17) is 34.2 Å². The number of hydrogen-bond acceptors (Lipinski definition) is 10. The molecule has 11 nitrogen and oxygen atoms in total. The first-order valence-electron chi connectivity index (χ1n) is 14.0. The number of aromatic nitrogens is 1. The van der Waals surface area contributed by atoms with Gasteiger partial charge in [0.25, 0.3) is 5.56 Å². The molecule has 47 heavy (non-hydrogen) atoms. The van der Waals surface area contributed by atoms with Gasteiger partial charge in [0, 0.05) is 16.9 Å². The van der Waals surface area contributed by atoms with Crippen LogP contribution in [0.3, 0.4) is 0 Å². The Balaban J connectivity index is 0.00000500. The maximum Gasteiger partial charge on any atom is 0.355 e. The van der Waals surface area contributed by atoms with Crippen molar-refractivity contribution in [3.8, 4) is 39.8 Å². The SMILES string of the molecule is COC(=O)c1ccc(COc2ccc3c(-c4cc(OC)c(OC)c(OC)c4)c(C(=O)OC)n(-c4ccc(N)cc4)c(=O)c3c2)cc1.Cl. The van der Waals surface area contributed by atoms with Crippen molar-refractivity contribution < 1.29 is 38.0 Å². The zero-order valence-corrected chi connectivity index (χ0v) is 27.1. The number of methoxy groups -OCH3 is 5. The van der Waals surface area contributed by atoms with Gasteiger partial charge in [-0.05, 0) is 83.2 Å². The molecule has 0 amide bonds. The van der Waals surface area contributed by atoms with Gasteiger partial charge < -0.3 is 34.2 Å². The first-order valence-corrected chi connectivity index (χ1v) is 14.0. The predicted octanol–water partition coefficient (Wildman–Crippen LogP) is 5.84. The number of halogens is 1. The number of benzene rings is 4. The van der Waals surface area contributed by atoms with Crippen LogP contribution in [0.2, 0.25) is 0 Å². The molecule has 5 rings (SSSR count). The fourth-order valence-corrected chi connectivity index (χ4v) is 5.17. The van der Waals surface area contributed by atoms with E-state index in [1.54, 1.807) is 78.9 Å². The number of carbonyl (C=O) groups excluding carboxylic acids is 2. The molecule has 0 fully saturated rings. The summed E-state index contributed by atoms with van der Waals surface area (Å²) in [6.45, 7) is 0.166. The van der Waals surface area contributed by atoms with E-state index in [1.807, 2.05) is 0 Å². The number of esters is 2. The molecule has 0 unspecified atom stereocenters. The van der Waals surface area contributed by atoms with E-state index in [1.165, 1.54) is 40.1 Å². The minimum atomic E-state index is -0.740. The maximum absolute atomic E-state index is 14.3. The highest BCUT2D eigenvalue weighted by Crippen LogP contribution is 2.44. The Labute approximate surface area is 276 Å². The smallest absolute Gasteiger partial charge is 0.355 e. The molecule has 2 N–H and O–H groups in total. The summed E-state index contributed by atoms with van der Waals surface area (Å²) in [5.41, 5.74) is 8.43. The molecule has 0 spiro atoms. The second-order valence-electron chi connectivity index (χ2n) is 10.0. The van der Waals surface area contributed by atoms with E-state index in [0.717, 1.165) is 5.56 Å². The van der Waals surface area contributed by atoms with Gasteiger partial charge in [-0.2, -0.15) is 0 Å². The fraction of sp³-hybridized carbons (Fsp3) is 0.171. The summed E-state index contributed by atoms with van der Waals surface area (Å²) in [5.74, 6) is 0.296. The lowest BCUT2D eigenvalue weighted by atomic mass is 9.95. The number of nitrogens with zero attached hydrogens (tertiary/aromatic N) is 1. The number of ether oxygens (including phenoxy) is 6. The molecule has 0 saturated carbocycles. The summed E-state index contributed by atoms with van der Waals surface area (Å²) in [6.07, 6.45) is 0. The van der Waals surface area contributed by atoms with Gasteiger partial charge >= 0.3 is 11.9 Å². The third kappa shape index (κ3) is 6.66. The lowest BCUT2D eigenvalue weighted by molar-refractivity contribution is 0.0586. The number of carbonyl (C=O) groups is 2. The summed E-state index contributed by atoms with van der Waals surface area (Å²) in [5, 5.41) is 0.730. The molecule has 244 valence electrons. The highest BCUT2D eigenvalue weighted by atomic mass is 35.5. The first-order chi connectivity index (χ1) is 22.2. The van der Waals surface area contributed by atoms with Crippen LogP contribution in [0.1, 0.15) is 26.4 Å². The molecule has 5 aromatic rings. The Morgan fingerprint density at radius 2 is 1.34 bits per heavy atom. The van der Waals surface area contributed by atoms with Gasteiger partial charge in [-0.15, -0.1) is 12.4 Å². The quantitative estimate of drug-likeness (QED) is 0.144. The Kier molecular flexibility index (Phi) is 10.6. The van der Waals surface area contributed by atoms with E-state index < -0.39 is 17.5 Å². The Morgan fingerprint density at radius 1 is 0.723 bits per heavy atom. The maximum atomic E-state index is 14.3. The predicted molar refractivity (Wildman–Crippen MR) is 180 cm³/mol. The van der Waals surface area contributed by atoms with Gasteiger partial charge in [-0.1, -0.05) is 12.1 Å². The van der Waals surface area contributed by atoms with Gasteiger partial charge in [0.1, 0.15) is 18.1 Å². The van der Waals surface area contributed by atoms with Gasteiger partial charge in [0.2, 0.25) is 5.75 Å². The number of pyridine rings is 1. The molecule has 0 saturated heterocycles. The first kappa shape index (κ1) is 34.2. The summed E-state index contributed by atoms with van der Waals surface area (Å²) in [7, 11) is 7.04. The topological polar surface area (TPSA) is 138 Å². The van der Waals surface area contributed by atoms with Crippen LogP contribution in [0.5, 0.6) is 23.0 Å². The van der Waals surface area contributed by atoms with E-state index in [-0.39, 0.29) is 30.1 Å².